The number of nitrogens with zero attached hydrogens (tertiary/aromatic N) is 3. The second-order valence-electron chi connectivity index (χ2n) is 7.18. The number of carbonyl (C=O) groups excluding carboxylic acids is 1. The normalized spacial score (nSPS) is 30.4. The van der Waals surface area contributed by atoms with Crippen LogP contribution in [0.1, 0.15) is 41.0 Å². The molecule has 5 nitrogen and oxygen atoms in total. The van der Waals surface area contributed by atoms with Crippen molar-refractivity contribution < 1.29 is 9.90 Å². The molecular weight excluding hydrogens is 322 g/mol. The summed E-state index contributed by atoms with van der Waals surface area (Å²) in [7, 11) is 0. The van der Waals surface area contributed by atoms with E-state index in [0.29, 0.717) is 11.8 Å². The average Bonchev–Trinajstić information content (AvgIpc) is 3.25. The van der Waals surface area contributed by atoms with Crippen LogP contribution in [0.2, 0.25) is 0 Å². The Bertz CT molecular complexity index is 712. The fraction of sp³-hybridized carbons (Fsp3) is 0.556. The van der Waals surface area contributed by atoms with Gasteiger partial charge in [-0.05, 0) is 54.7 Å². The van der Waals surface area contributed by atoms with Crippen molar-refractivity contribution >= 4 is 17.1 Å². The van der Waals surface area contributed by atoms with Crippen LogP contribution in [0.15, 0.2) is 29.9 Å². The highest BCUT2D eigenvalue weighted by molar-refractivity contribution is 7.12. The van der Waals surface area contributed by atoms with Gasteiger partial charge in [0.1, 0.15) is 0 Å². The molecule has 0 amide bonds. The molecule has 1 saturated carbocycles. The Labute approximate surface area is 145 Å². The van der Waals surface area contributed by atoms with Gasteiger partial charge in [-0.15, -0.1) is 11.3 Å². The second-order valence-corrected chi connectivity index (χ2v) is 8.09. The van der Waals surface area contributed by atoms with Gasteiger partial charge in [0.25, 0.3) is 0 Å². The zero-order valence-corrected chi connectivity index (χ0v) is 14.7. The molecular formula is C18H23N3O2S. The van der Waals surface area contributed by atoms with Crippen molar-refractivity contribution in [2.45, 2.75) is 38.5 Å². The van der Waals surface area contributed by atoms with E-state index in [-0.39, 0.29) is 17.9 Å². The molecule has 3 heterocycles. The van der Waals surface area contributed by atoms with Crippen molar-refractivity contribution in [3.63, 3.8) is 0 Å². The first-order valence-electron chi connectivity index (χ1n) is 8.58. The second kappa shape index (κ2) is 6.43. The molecule has 6 heteroatoms. The summed E-state index contributed by atoms with van der Waals surface area (Å²) < 4.78 is 1.92. The molecule has 1 N–H and O–H groups in total. The third-order valence-electron chi connectivity index (χ3n) is 5.46. The lowest BCUT2D eigenvalue weighted by atomic mass is 9.77. The highest BCUT2D eigenvalue weighted by Gasteiger charge is 2.42. The summed E-state index contributed by atoms with van der Waals surface area (Å²) in [4.78, 5) is 14.8. The highest BCUT2D eigenvalue weighted by atomic mass is 32.1. The van der Waals surface area contributed by atoms with Crippen molar-refractivity contribution in [3.8, 4) is 0 Å². The lowest BCUT2D eigenvalue weighted by molar-refractivity contribution is 0.0306. The Morgan fingerprint density at radius 2 is 2.17 bits per heavy atom. The topological polar surface area (TPSA) is 58.4 Å². The summed E-state index contributed by atoms with van der Waals surface area (Å²) in [6.45, 7) is 4.63. The van der Waals surface area contributed by atoms with Gasteiger partial charge in [0.15, 0.2) is 5.78 Å². The van der Waals surface area contributed by atoms with E-state index in [0.717, 1.165) is 37.4 Å². The largest absolute Gasteiger partial charge is 0.391 e. The molecule has 2 aromatic heterocycles. The summed E-state index contributed by atoms with van der Waals surface area (Å²) in [5.74, 6) is 1.33. The van der Waals surface area contributed by atoms with Crippen LogP contribution in [0.5, 0.6) is 0 Å². The molecule has 24 heavy (non-hydrogen) atoms. The minimum atomic E-state index is -0.309. The Kier molecular flexibility index (Phi) is 4.28. The summed E-state index contributed by atoms with van der Waals surface area (Å²) in [5.41, 5.74) is 1.23. The van der Waals surface area contributed by atoms with Crippen molar-refractivity contribution in [2.24, 2.45) is 11.8 Å². The SMILES string of the molecule is CC(=O)c1cc(CN2C[C@H]3C[C@@H](n4cccn4)[C@H](O)C[C@H]3C2)cs1. The van der Waals surface area contributed by atoms with E-state index in [1.54, 1.807) is 13.1 Å². The van der Waals surface area contributed by atoms with Crippen LogP contribution < -0.4 is 0 Å². The maximum absolute atomic E-state index is 11.4. The Balaban J connectivity index is 1.41. The molecule has 4 atom stereocenters. The lowest BCUT2D eigenvalue weighted by Gasteiger charge is -2.35. The highest BCUT2D eigenvalue weighted by Crippen LogP contribution is 2.41. The van der Waals surface area contributed by atoms with E-state index >= 15 is 0 Å². The fourth-order valence-electron chi connectivity index (χ4n) is 4.30. The number of likely N-dealkylation sites (tertiary alicyclic amines) is 1. The number of fused-ring (bicyclic) bond motifs is 1. The molecule has 0 radical (unpaired) electrons. The average molecular weight is 345 g/mol. The van der Waals surface area contributed by atoms with Crippen LogP contribution in [0.25, 0.3) is 0 Å². The Hall–Kier alpha value is -1.50. The number of thiophene rings is 1. The van der Waals surface area contributed by atoms with Gasteiger partial charge in [-0.25, -0.2) is 0 Å². The van der Waals surface area contributed by atoms with E-state index in [9.17, 15) is 9.90 Å². The molecule has 0 spiro atoms. The molecule has 2 fully saturated rings. The van der Waals surface area contributed by atoms with E-state index in [4.69, 9.17) is 0 Å². The first-order valence-corrected chi connectivity index (χ1v) is 9.46. The molecule has 0 bridgehead atoms. The van der Waals surface area contributed by atoms with Gasteiger partial charge in [-0.2, -0.15) is 5.10 Å². The van der Waals surface area contributed by atoms with E-state index < -0.39 is 0 Å². The van der Waals surface area contributed by atoms with Crippen LogP contribution in [-0.2, 0) is 6.54 Å². The molecule has 4 rings (SSSR count). The number of aliphatic hydroxyl groups excluding tert-OH is 1. The summed E-state index contributed by atoms with van der Waals surface area (Å²) in [6, 6.07) is 4.05. The Morgan fingerprint density at radius 3 is 2.83 bits per heavy atom. The lowest BCUT2D eigenvalue weighted by Crippen LogP contribution is -2.36. The van der Waals surface area contributed by atoms with Crippen LogP contribution in [-0.4, -0.2) is 44.8 Å². The smallest absolute Gasteiger partial charge is 0.169 e. The van der Waals surface area contributed by atoms with Crippen molar-refractivity contribution in [3.05, 3.63) is 40.3 Å². The van der Waals surface area contributed by atoms with Gasteiger partial charge >= 0.3 is 0 Å². The number of Topliss-reactive ketones (excluding diaryl/α,β-unsaturated/α-hetero) is 1. The van der Waals surface area contributed by atoms with E-state index in [2.05, 4.69) is 15.4 Å². The fourth-order valence-corrected chi connectivity index (χ4v) is 5.10. The molecule has 0 aromatic carbocycles. The van der Waals surface area contributed by atoms with Crippen LogP contribution >= 0.6 is 11.3 Å². The van der Waals surface area contributed by atoms with E-state index in [1.165, 1.54) is 16.9 Å². The molecule has 128 valence electrons. The van der Waals surface area contributed by atoms with Gasteiger partial charge in [0, 0.05) is 32.0 Å². The number of carbonyl (C=O) groups is 1. The number of aromatic nitrogens is 2. The van der Waals surface area contributed by atoms with Crippen LogP contribution in [0.4, 0.5) is 0 Å². The number of aliphatic hydroxyl groups is 1. The third-order valence-corrected chi connectivity index (χ3v) is 6.54. The van der Waals surface area contributed by atoms with Crippen molar-refractivity contribution in [1.82, 2.24) is 14.7 Å². The predicted molar refractivity (Wildman–Crippen MR) is 93.1 cm³/mol. The minimum absolute atomic E-state index is 0.103. The predicted octanol–water partition coefficient (Wildman–Crippen LogP) is 2.59. The number of ketones is 1. The first kappa shape index (κ1) is 16.0. The molecule has 2 aliphatic rings. The van der Waals surface area contributed by atoms with Crippen LogP contribution in [0.3, 0.4) is 0 Å². The quantitative estimate of drug-likeness (QED) is 0.866. The van der Waals surface area contributed by atoms with Gasteiger partial charge in [-0.3, -0.25) is 14.4 Å². The van der Waals surface area contributed by atoms with Gasteiger partial charge in [0.05, 0.1) is 17.0 Å². The number of rotatable bonds is 4. The summed E-state index contributed by atoms with van der Waals surface area (Å²) in [6.07, 6.45) is 5.27. The standard InChI is InChI=1S/C18H23N3O2S/c1-12(22)18-5-13(11-24-18)8-20-9-14-6-16(21-4-2-3-19-21)17(23)7-15(14)10-20/h2-5,11,14-17,23H,6-10H2,1H3/t14-,15+,16-,17-/m1/s1. The molecule has 1 saturated heterocycles. The minimum Gasteiger partial charge on any atom is -0.391 e. The van der Waals surface area contributed by atoms with Crippen molar-refractivity contribution in [1.29, 1.82) is 0 Å². The monoisotopic (exact) mass is 345 g/mol. The van der Waals surface area contributed by atoms with Crippen LogP contribution in [0, 0.1) is 11.8 Å². The zero-order chi connectivity index (χ0) is 16.7. The molecule has 1 aliphatic heterocycles. The third kappa shape index (κ3) is 3.06. The molecule has 1 aliphatic carbocycles. The maximum Gasteiger partial charge on any atom is 0.169 e. The van der Waals surface area contributed by atoms with Crippen molar-refractivity contribution in [2.75, 3.05) is 13.1 Å². The first-order chi connectivity index (χ1) is 11.6. The van der Waals surface area contributed by atoms with Gasteiger partial charge < -0.3 is 5.11 Å². The summed E-state index contributed by atoms with van der Waals surface area (Å²) in [5, 5.41) is 16.9. The number of hydrogen-bond acceptors (Lipinski definition) is 5. The number of hydrogen-bond donors (Lipinski definition) is 1. The van der Waals surface area contributed by atoms with Gasteiger partial charge in [-0.1, -0.05) is 0 Å². The Morgan fingerprint density at radius 1 is 1.38 bits per heavy atom. The molecule has 2 aromatic rings. The maximum atomic E-state index is 11.4. The van der Waals surface area contributed by atoms with Gasteiger partial charge in [0.2, 0.25) is 0 Å². The summed E-state index contributed by atoms with van der Waals surface area (Å²) >= 11 is 1.54. The molecule has 0 unspecified atom stereocenters. The van der Waals surface area contributed by atoms with E-state index in [1.807, 2.05) is 23.0 Å². The zero-order valence-electron chi connectivity index (χ0n) is 13.8.